The summed E-state index contributed by atoms with van der Waals surface area (Å²) in [4.78, 5) is 103. The molecule has 6 heterocycles. The molecule has 106 heavy (non-hydrogen) atoms. The molecule has 24 nitrogen and oxygen atoms in total. The lowest BCUT2D eigenvalue weighted by Gasteiger charge is -2.36. The van der Waals surface area contributed by atoms with E-state index in [1.165, 1.54) is 16.7 Å². The van der Waals surface area contributed by atoms with Crippen LogP contribution in [0.15, 0.2) is 129 Å². The average Bonchev–Trinajstić information content (AvgIpc) is 1.98. The van der Waals surface area contributed by atoms with Crippen molar-refractivity contribution in [1.29, 1.82) is 0 Å². The molecule has 4 aromatic carbocycles. The van der Waals surface area contributed by atoms with Gasteiger partial charge in [0.15, 0.2) is 0 Å². The van der Waals surface area contributed by atoms with Crippen molar-refractivity contribution in [3.63, 3.8) is 0 Å². The summed E-state index contributed by atoms with van der Waals surface area (Å²) < 4.78 is 25.3. The van der Waals surface area contributed by atoms with Gasteiger partial charge in [0.1, 0.15) is 16.8 Å². The Morgan fingerprint density at radius 2 is 0.811 bits per heavy atom. The van der Waals surface area contributed by atoms with Gasteiger partial charge in [-0.3, -0.25) is 43.1 Å². The fourth-order valence-electron chi connectivity index (χ4n) is 13.7. The topological polar surface area (TPSA) is 272 Å². The lowest BCUT2D eigenvalue weighted by molar-refractivity contribution is -0.191. The zero-order valence-corrected chi connectivity index (χ0v) is 68.0. The van der Waals surface area contributed by atoms with Crippen LogP contribution in [0.2, 0.25) is 0 Å². The lowest BCUT2D eigenvalue weighted by atomic mass is 10.00. The molecule has 7 aliphatic rings. The number of amides is 6. The summed E-state index contributed by atoms with van der Waals surface area (Å²) in [6.45, 7) is 27.1. The first-order valence-electron chi connectivity index (χ1n) is 35.9. The fourth-order valence-corrected chi connectivity index (χ4v) is 14.9. The number of ether oxygens (including phenoxy) is 3. The number of fused-ring (bicyclic) bond motifs is 3. The van der Waals surface area contributed by atoms with E-state index in [1.807, 2.05) is 176 Å². The van der Waals surface area contributed by atoms with Crippen LogP contribution >= 0.6 is 47.8 Å². The molecule has 14 rings (SSSR count). The smallest absolute Gasteiger partial charge is 0.410 e. The second kappa shape index (κ2) is 31.4. The summed E-state index contributed by atoms with van der Waals surface area (Å²) >= 11 is 10.5. The van der Waals surface area contributed by atoms with Crippen molar-refractivity contribution in [3.8, 4) is 0 Å². The molecule has 0 saturated heterocycles. The highest BCUT2D eigenvalue weighted by Crippen LogP contribution is 2.53. The van der Waals surface area contributed by atoms with E-state index in [0.717, 1.165) is 93.0 Å². The monoisotopic (exact) mass is 1640 g/mol. The van der Waals surface area contributed by atoms with Crippen molar-refractivity contribution >= 4 is 89.9 Å². The van der Waals surface area contributed by atoms with Crippen LogP contribution in [0.25, 0.3) is 0 Å². The molecular weight excluding hydrogens is 1550 g/mol. The number of carbonyl (C=O) groups is 6. The van der Waals surface area contributed by atoms with Crippen LogP contribution in [0, 0.1) is 6.92 Å². The van der Waals surface area contributed by atoms with Gasteiger partial charge in [-0.15, -0.1) is 0 Å². The highest BCUT2D eigenvalue weighted by molar-refractivity contribution is 9.11. The maximum absolute atomic E-state index is 13.5. The van der Waals surface area contributed by atoms with Gasteiger partial charge >= 0.3 is 24.4 Å². The first-order valence-corrected chi connectivity index (χ1v) is 38.3. The number of aryl methyl sites for hydroxylation is 1. The molecule has 0 bridgehead atoms. The Morgan fingerprint density at radius 1 is 0.491 bits per heavy atom. The Balaban J connectivity index is 0.000000155. The van der Waals surface area contributed by atoms with Gasteiger partial charge in [0.25, 0.3) is 17.7 Å². The minimum atomic E-state index is -0.574. The van der Waals surface area contributed by atoms with E-state index in [1.54, 1.807) is 33.3 Å². The zero-order chi connectivity index (χ0) is 77.4. The molecule has 3 aromatic heterocycles. The molecule has 7 aromatic rings. The third-order valence-electron chi connectivity index (χ3n) is 20.2. The summed E-state index contributed by atoms with van der Waals surface area (Å²) in [6.07, 6.45) is 11.8. The van der Waals surface area contributed by atoms with Gasteiger partial charge < -0.3 is 35.1 Å². The molecule has 27 heteroatoms. The predicted molar refractivity (Wildman–Crippen MR) is 408 cm³/mol. The molecule has 566 valence electrons. The van der Waals surface area contributed by atoms with Crippen molar-refractivity contribution in [2.45, 2.75) is 238 Å². The lowest BCUT2D eigenvalue weighted by Crippen LogP contribution is -2.47. The summed E-state index contributed by atoms with van der Waals surface area (Å²) in [6, 6.07) is 32.6. The molecule has 0 spiro atoms. The van der Waals surface area contributed by atoms with Crippen molar-refractivity contribution in [2.75, 3.05) is 14.1 Å². The molecule has 4 saturated carbocycles. The van der Waals surface area contributed by atoms with E-state index in [-0.39, 0.29) is 82.4 Å². The van der Waals surface area contributed by atoms with Crippen molar-refractivity contribution in [3.05, 3.63) is 191 Å². The highest BCUT2D eigenvalue weighted by atomic mass is 79.9. The highest BCUT2D eigenvalue weighted by Gasteiger charge is 2.53. The number of rotatable bonds is 10. The van der Waals surface area contributed by atoms with Gasteiger partial charge in [0, 0.05) is 33.1 Å². The van der Waals surface area contributed by atoms with Crippen molar-refractivity contribution < 1.29 is 52.6 Å². The normalized spacial score (nSPS) is 19.2. The minimum Gasteiger partial charge on any atom is -0.444 e. The van der Waals surface area contributed by atoms with Crippen LogP contribution in [0.4, 0.5) is 14.4 Å². The molecular formula is C79H98Br3N13O11. The summed E-state index contributed by atoms with van der Waals surface area (Å²) in [5.41, 5.74) is 13.1. The Morgan fingerprint density at radius 3 is 1.15 bits per heavy atom. The minimum absolute atomic E-state index is 0.00375. The third-order valence-corrected chi connectivity index (χ3v) is 21.7. The van der Waals surface area contributed by atoms with Gasteiger partial charge in [-0.05, 0) is 200 Å². The third kappa shape index (κ3) is 18.5. The van der Waals surface area contributed by atoms with E-state index < -0.39 is 16.8 Å². The molecule has 4 aliphatic carbocycles. The molecule has 3 N–H and O–H groups in total. The molecule has 3 atom stereocenters. The quantitative estimate of drug-likeness (QED) is 0.120. The van der Waals surface area contributed by atoms with Crippen LogP contribution in [0.5, 0.6) is 0 Å². The number of nitrogens with two attached hydrogens (primary N) is 1. The van der Waals surface area contributed by atoms with E-state index >= 15 is 0 Å². The van der Waals surface area contributed by atoms with Crippen LogP contribution in [0.1, 0.15) is 210 Å². The molecule has 6 amide bonds. The van der Waals surface area contributed by atoms with Crippen LogP contribution < -0.4 is 11.1 Å². The largest absolute Gasteiger partial charge is 0.444 e. The Labute approximate surface area is 645 Å². The van der Waals surface area contributed by atoms with Gasteiger partial charge in [0.2, 0.25) is 0 Å². The number of benzene rings is 4. The number of halogens is 3. The van der Waals surface area contributed by atoms with E-state index in [2.05, 4.69) is 118 Å². The van der Waals surface area contributed by atoms with Crippen molar-refractivity contribution in [1.82, 2.24) is 59.2 Å². The SMILES string of the molecule is CC1Cn2ncc(C(=O)N(C)C3(c4cccc(Br)c4)CC3)c2CN1C(=O)OC(C)(C)C.CC1Cn2ncc(C(=O)NC3(c4cccc(Br)c4)CC3)c2CN1C(=O)OC(C)(C)C.Cc1cccc(C2(N(C)C(=O)c3cnn4c3CN(C(=O)OC(C)(C)C)C(C)C4)CC2)c1.NC1(c2cccc(Br)c2)CC1.O=C=O. The zero-order valence-electron chi connectivity index (χ0n) is 63.2. The van der Waals surface area contributed by atoms with Crippen molar-refractivity contribution in [2.24, 2.45) is 5.73 Å². The van der Waals surface area contributed by atoms with Gasteiger partial charge in [0.05, 0.1) is 126 Å². The molecule has 3 unspecified atom stereocenters. The van der Waals surface area contributed by atoms with E-state index in [9.17, 15) is 28.8 Å². The predicted octanol–water partition coefficient (Wildman–Crippen LogP) is 14.7. The summed E-state index contributed by atoms with van der Waals surface area (Å²) in [7, 11) is 3.73. The Bertz CT molecular complexity index is 4300. The van der Waals surface area contributed by atoms with Crippen LogP contribution in [0.3, 0.4) is 0 Å². The summed E-state index contributed by atoms with van der Waals surface area (Å²) in [5, 5.41) is 16.5. The standard InChI is InChI=1S/C24H32N4O3.C23H29BrN4O3.C22H27BrN4O3.C9H10BrN.CO2/c1-16-8-7-9-18(12-16)24(10-11-24)26(6)21(29)19-13-25-28-14-17(2)27(15-20(19)28)22(30)31-23(3,4)5;1-15-13-28-19(14-27(15)21(30)31-22(2,3)4)18(12-25-28)20(29)26(5)23(9-10-23)16-7-6-8-17(24)11-16;1-14-12-27-18(13-26(14)20(29)30-21(2,3)4)17(11-24-27)19(28)25-22(8-9-22)15-6-5-7-16(23)10-15;10-8-3-1-2-7(6-8)9(11)4-5-9;2-1-3/h7-9,12-13,17H,10-11,14-15H2,1-6H3;6-8,11-12,15H,9-10,13-14H2,1-5H3;5-7,10-11,14H,8-9,12-13H2,1-4H3,(H,25,28);1-3,6H,4-5,11H2;. The number of hydrogen-bond donors (Lipinski definition) is 2. The van der Waals surface area contributed by atoms with Crippen LogP contribution in [-0.4, -0.2) is 145 Å². The maximum Gasteiger partial charge on any atom is 0.410 e. The Hall–Kier alpha value is -8.49. The number of carbonyl (C=O) groups excluding carboxylic acids is 8. The molecule has 3 aliphatic heterocycles. The number of aromatic nitrogens is 6. The van der Waals surface area contributed by atoms with Gasteiger partial charge in [-0.2, -0.15) is 24.9 Å². The number of nitrogens with zero attached hydrogens (tertiary/aromatic N) is 11. The van der Waals surface area contributed by atoms with Gasteiger partial charge in [-0.25, -0.2) is 14.4 Å². The fraction of sp³-hybridized carbons (Fsp3) is 0.494. The van der Waals surface area contributed by atoms with Crippen LogP contribution in [-0.2, 0) is 85.2 Å². The first-order chi connectivity index (χ1) is 49.7. The van der Waals surface area contributed by atoms with E-state index in [0.29, 0.717) is 56.0 Å². The number of nitrogens with one attached hydrogen (secondary N) is 1. The molecule has 4 fully saturated rings. The maximum atomic E-state index is 13.5. The second-order valence-electron chi connectivity index (χ2n) is 31.9. The molecule has 0 radical (unpaired) electrons. The van der Waals surface area contributed by atoms with Gasteiger partial charge in [-0.1, -0.05) is 114 Å². The average molecular weight is 1650 g/mol. The summed E-state index contributed by atoms with van der Waals surface area (Å²) in [5.74, 6) is -0.288. The second-order valence-corrected chi connectivity index (χ2v) is 34.6. The number of hydrogen-bond acceptors (Lipinski definition) is 15. The first kappa shape index (κ1) is 80.1. The van der Waals surface area contributed by atoms with E-state index in [4.69, 9.17) is 29.5 Å². The Kier molecular flexibility index (Phi) is 23.7.